The summed E-state index contributed by atoms with van der Waals surface area (Å²) in [5.41, 5.74) is 0.554. The first-order chi connectivity index (χ1) is 10.5. The molecule has 22 heavy (non-hydrogen) atoms. The molecule has 122 valence electrons. The van der Waals surface area contributed by atoms with Gasteiger partial charge >= 0.3 is 0 Å². The van der Waals surface area contributed by atoms with Crippen LogP contribution in [0.5, 0.6) is 0 Å². The maximum atomic E-state index is 12.4. The Balaban J connectivity index is 1.89. The Morgan fingerprint density at radius 2 is 1.91 bits per heavy atom. The summed E-state index contributed by atoms with van der Waals surface area (Å²) in [5, 5.41) is 10.2. The van der Waals surface area contributed by atoms with E-state index in [1.54, 1.807) is 12.4 Å². The van der Waals surface area contributed by atoms with E-state index in [-0.39, 0.29) is 12.0 Å². The Bertz CT molecular complexity index is 479. The molecule has 0 aliphatic carbocycles. The van der Waals surface area contributed by atoms with Crippen LogP contribution in [0.1, 0.15) is 56.2 Å². The third-order valence-electron chi connectivity index (χ3n) is 4.35. The van der Waals surface area contributed by atoms with Crippen molar-refractivity contribution in [1.82, 2.24) is 14.9 Å². The van der Waals surface area contributed by atoms with Gasteiger partial charge in [-0.2, -0.15) is 0 Å². The second-order valence-corrected chi connectivity index (χ2v) is 6.57. The summed E-state index contributed by atoms with van der Waals surface area (Å²) in [4.78, 5) is 22.7. The van der Waals surface area contributed by atoms with Crippen LogP contribution >= 0.6 is 0 Å². The molecule has 1 N–H and O–H groups in total. The molecule has 1 fully saturated rings. The molecule has 1 atom stereocenters. The van der Waals surface area contributed by atoms with Crippen LogP contribution in [0.25, 0.3) is 0 Å². The quantitative estimate of drug-likeness (QED) is 0.906. The molecule has 5 heteroatoms. The van der Waals surface area contributed by atoms with Crippen molar-refractivity contribution in [3.8, 4) is 0 Å². The third kappa shape index (κ3) is 4.26. The van der Waals surface area contributed by atoms with Gasteiger partial charge in [-0.05, 0) is 31.1 Å². The minimum atomic E-state index is -0.246. The molecule has 1 aliphatic heterocycles. The normalized spacial score (nSPS) is 17.8. The van der Waals surface area contributed by atoms with Crippen LogP contribution in [-0.2, 0) is 6.42 Å². The number of hydrogen-bond acceptors (Lipinski definition) is 4. The highest BCUT2D eigenvalue weighted by Crippen LogP contribution is 2.25. The molecule has 0 aromatic carbocycles. The average molecular weight is 305 g/mol. The van der Waals surface area contributed by atoms with E-state index in [2.05, 4.69) is 23.8 Å². The van der Waals surface area contributed by atoms with Gasteiger partial charge in [0, 0.05) is 31.9 Å². The number of carbonyl (C=O) groups excluding carboxylic acids is 1. The van der Waals surface area contributed by atoms with E-state index in [0.717, 1.165) is 31.5 Å². The maximum Gasteiger partial charge on any atom is 0.256 e. The Morgan fingerprint density at radius 3 is 2.41 bits per heavy atom. The topological polar surface area (TPSA) is 66.3 Å². The molecule has 0 spiro atoms. The number of aryl methyl sites for hydroxylation is 1. The first kappa shape index (κ1) is 16.9. The summed E-state index contributed by atoms with van der Waals surface area (Å²) in [7, 11) is 0. The van der Waals surface area contributed by atoms with Crippen LogP contribution in [0.15, 0.2) is 12.4 Å². The molecule has 0 saturated carbocycles. The fraction of sp³-hybridized carbons (Fsp3) is 0.706. The zero-order valence-corrected chi connectivity index (χ0v) is 13.8. The van der Waals surface area contributed by atoms with E-state index in [4.69, 9.17) is 0 Å². The molecule has 1 aromatic heterocycles. The number of piperidine rings is 1. The monoisotopic (exact) mass is 305 g/mol. The summed E-state index contributed by atoms with van der Waals surface area (Å²) in [6, 6.07) is 0. The molecule has 1 amide bonds. The SMILES string of the molecule is CCc1ncc(C(=O)N2CCC(C(O)CC(C)C)CC2)cn1. The van der Waals surface area contributed by atoms with E-state index in [9.17, 15) is 9.90 Å². The number of carbonyl (C=O) groups is 1. The van der Waals surface area contributed by atoms with Crippen molar-refractivity contribution in [1.29, 1.82) is 0 Å². The van der Waals surface area contributed by atoms with E-state index >= 15 is 0 Å². The van der Waals surface area contributed by atoms with Gasteiger partial charge < -0.3 is 10.0 Å². The Kier molecular flexibility index (Phi) is 5.89. The summed E-state index contributed by atoms with van der Waals surface area (Å²) < 4.78 is 0. The van der Waals surface area contributed by atoms with E-state index < -0.39 is 0 Å². The van der Waals surface area contributed by atoms with Gasteiger partial charge in [0.1, 0.15) is 5.82 Å². The lowest BCUT2D eigenvalue weighted by atomic mass is 9.87. The lowest BCUT2D eigenvalue weighted by molar-refractivity contribution is 0.0384. The van der Waals surface area contributed by atoms with Crippen molar-refractivity contribution in [2.75, 3.05) is 13.1 Å². The van der Waals surface area contributed by atoms with Gasteiger partial charge in [-0.3, -0.25) is 4.79 Å². The van der Waals surface area contributed by atoms with Crippen molar-refractivity contribution in [3.63, 3.8) is 0 Å². The second-order valence-electron chi connectivity index (χ2n) is 6.57. The number of aromatic nitrogens is 2. The van der Waals surface area contributed by atoms with Crippen LogP contribution in [0, 0.1) is 11.8 Å². The predicted molar refractivity (Wildman–Crippen MR) is 85.5 cm³/mol. The number of likely N-dealkylation sites (tertiary alicyclic amines) is 1. The van der Waals surface area contributed by atoms with Gasteiger partial charge in [-0.1, -0.05) is 20.8 Å². The van der Waals surface area contributed by atoms with Gasteiger partial charge in [-0.25, -0.2) is 9.97 Å². The molecule has 5 nitrogen and oxygen atoms in total. The van der Waals surface area contributed by atoms with Crippen molar-refractivity contribution >= 4 is 5.91 Å². The lowest BCUT2D eigenvalue weighted by Crippen LogP contribution is -2.41. The van der Waals surface area contributed by atoms with E-state index in [0.29, 0.717) is 30.5 Å². The van der Waals surface area contributed by atoms with Crippen LogP contribution in [0.2, 0.25) is 0 Å². The zero-order valence-electron chi connectivity index (χ0n) is 13.8. The first-order valence-corrected chi connectivity index (χ1v) is 8.29. The highest BCUT2D eigenvalue weighted by atomic mass is 16.3. The lowest BCUT2D eigenvalue weighted by Gasteiger charge is -2.34. The molecular weight excluding hydrogens is 278 g/mol. The van der Waals surface area contributed by atoms with E-state index in [1.807, 2.05) is 11.8 Å². The predicted octanol–water partition coefficient (Wildman–Crippen LogP) is 2.30. The van der Waals surface area contributed by atoms with Crippen LogP contribution in [0.3, 0.4) is 0 Å². The Morgan fingerprint density at radius 1 is 1.32 bits per heavy atom. The largest absolute Gasteiger partial charge is 0.393 e. The molecule has 1 saturated heterocycles. The van der Waals surface area contributed by atoms with Gasteiger partial charge in [-0.15, -0.1) is 0 Å². The van der Waals surface area contributed by atoms with E-state index in [1.165, 1.54) is 0 Å². The first-order valence-electron chi connectivity index (χ1n) is 8.29. The fourth-order valence-corrected chi connectivity index (χ4v) is 2.99. The molecule has 0 bridgehead atoms. The molecule has 1 unspecified atom stereocenters. The third-order valence-corrected chi connectivity index (χ3v) is 4.35. The number of hydrogen-bond donors (Lipinski definition) is 1. The zero-order chi connectivity index (χ0) is 16.1. The van der Waals surface area contributed by atoms with Crippen LogP contribution in [0.4, 0.5) is 0 Å². The minimum absolute atomic E-state index is 0.000507. The van der Waals surface area contributed by atoms with Crippen molar-refractivity contribution < 1.29 is 9.90 Å². The molecule has 1 aromatic rings. The minimum Gasteiger partial charge on any atom is -0.393 e. The number of aliphatic hydroxyl groups is 1. The number of rotatable bonds is 5. The molecule has 2 heterocycles. The second kappa shape index (κ2) is 7.68. The number of amides is 1. The average Bonchev–Trinajstić information content (AvgIpc) is 2.54. The molecular formula is C17H27N3O2. The molecule has 0 radical (unpaired) electrons. The number of aliphatic hydroxyl groups excluding tert-OH is 1. The summed E-state index contributed by atoms with van der Waals surface area (Å²) in [6.45, 7) is 7.65. The fourth-order valence-electron chi connectivity index (χ4n) is 2.99. The Hall–Kier alpha value is -1.49. The Labute approximate surface area is 132 Å². The van der Waals surface area contributed by atoms with Crippen molar-refractivity contribution in [2.45, 2.75) is 52.6 Å². The van der Waals surface area contributed by atoms with Gasteiger partial charge in [0.25, 0.3) is 5.91 Å². The van der Waals surface area contributed by atoms with Gasteiger partial charge in [0.05, 0.1) is 11.7 Å². The summed E-state index contributed by atoms with van der Waals surface area (Å²) in [5.74, 6) is 1.57. The van der Waals surface area contributed by atoms with Gasteiger partial charge in [0.2, 0.25) is 0 Å². The molecule has 1 aliphatic rings. The van der Waals surface area contributed by atoms with Crippen LogP contribution < -0.4 is 0 Å². The van der Waals surface area contributed by atoms with Crippen molar-refractivity contribution in [3.05, 3.63) is 23.8 Å². The highest BCUT2D eigenvalue weighted by Gasteiger charge is 2.28. The smallest absolute Gasteiger partial charge is 0.256 e. The standard InChI is InChI=1S/C17H27N3O2/c1-4-16-18-10-14(11-19-16)17(22)20-7-5-13(6-8-20)15(21)9-12(2)3/h10-13,15,21H,4-9H2,1-3H3. The highest BCUT2D eigenvalue weighted by molar-refractivity contribution is 5.93. The van der Waals surface area contributed by atoms with Crippen molar-refractivity contribution in [2.24, 2.45) is 11.8 Å². The van der Waals surface area contributed by atoms with Crippen LogP contribution in [-0.4, -0.2) is 45.1 Å². The maximum absolute atomic E-state index is 12.4. The van der Waals surface area contributed by atoms with Gasteiger partial charge in [0.15, 0.2) is 0 Å². The summed E-state index contributed by atoms with van der Waals surface area (Å²) in [6.07, 6.45) is 6.34. The number of nitrogens with zero attached hydrogens (tertiary/aromatic N) is 3. The summed E-state index contributed by atoms with van der Waals surface area (Å²) >= 11 is 0. The molecule has 2 rings (SSSR count).